The molecule has 0 aliphatic rings. The molecule has 4 aromatic rings. The van der Waals surface area contributed by atoms with E-state index in [-0.39, 0.29) is 0 Å². The summed E-state index contributed by atoms with van der Waals surface area (Å²) in [4.78, 5) is 3.03. The van der Waals surface area contributed by atoms with Crippen LogP contribution in [-0.4, -0.2) is 0 Å². The molecule has 0 fully saturated rings. The lowest BCUT2D eigenvalue weighted by molar-refractivity contribution is 0.609. The molecule has 0 aliphatic carbocycles. The van der Waals surface area contributed by atoms with E-state index in [0.717, 1.165) is 0 Å². The Morgan fingerprint density at radius 2 is 1.35 bits per heavy atom. The van der Waals surface area contributed by atoms with Gasteiger partial charge in [0.15, 0.2) is 0 Å². The minimum absolute atomic E-state index is 1.28. The van der Waals surface area contributed by atoms with E-state index >= 15 is 0 Å². The lowest BCUT2D eigenvalue weighted by atomic mass is 10.1. The first-order valence-electron chi connectivity index (χ1n) is 8.60. The van der Waals surface area contributed by atoms with Crippen molar-refractivity contribution in [3.8, 4) is 0 Å². The first kappa shape index (κ1) is 16.1. The van der Waals surface area contributed by atoms with Crippen LogP contribution in [0, 0.1) is 6.92 Å². The molecule has 4 heteroatoms. The average molecular weight is 379 g/mol. The van der Waals surface area contributed by atoms with Crippen LogP contribution >= 0.6 is 45.3 Å². The fourth-order valence-corrected chi connectivity index (χ4v) is 8.81. The van der Waals surface area contributed by atoms with Gasteiger partial charge in [0.05, 0.1) is 18.8 Å². The molecule has 0 aliphatic heterocycles. The molecule has 0 aromatic carbocycles. The average Bonchev–Trinajstić information content (AvgIpc) is 3.21. The first-order chi connectivity index (χ1) is 11.3. The highest BCUT2D eigenvalue weighted by molar-refractivity contribution is 7.44. The van der Waals surface area contributed by atoms with Crippen molar-refractivity contribution in [3.05, 3.63) is 21.9 Å². The van der Waals surface area contributed by atoms with Gasteiger partial charge in [0.25, 0.3) is 0 Å². The van der Waals surface area contributed by atoms with Crippen molar-refractivity contribution in [3.63, 3.8) is 0 Å². The zero-order valence-electron chi connectivity index (χ0n) is 13.7. The van der Waals surface area contributed by atoms with E-state index < -0.39 is 0 Å². The van der Waals surface area contributed by atoms with Crippen molar-refractivity contribution >= 4 is 73.5 Å². The van der Waals surface area contributed by atoms with E-state index in [4.69, 9.17) is 0 Å². The lowest BCUT2D eigenvalue weighted by Gasteiger charge is -1.99. The quantitative estimate of drug-likeness (QED) is 0.282. The molecular formula is C19H22S4. The lowest BCUT2D eigenvalue weighted by Crippen LogP contribution is -1.82. The van der Waals surface area contributed by atoms with Crippen LogP contribution < -0.4 is 0 Å². The van der Waals surface area contributed by atoms with E-state index in [9.17, 15) is 0 Å². The van der Waals surface area contributed by atoms with E-state index in [2.05, 4.69) is 37.3 Å². The van der Waals surface area contributed by atoms with E-state index in [0.29, 0.717) is 0 Å². The second-order valence-electron chi connectivity index (χ2n) is 6.34. The van der Waals surface area contributed by atoms with E-state index in [1.54, 1.807) is 14.3 Å². The molecule has 0 atom stereocenters. The smallest absolute Gasteiger partial charge is 0.0650 e. The molecule has 0 amide bonds. The second kappa shape index (κ2) is 6.83. The highest BCUT2D eigenvalue weighted by atomic mass is 32.1. The van der Waals surface area contributed by atoms with Crippen LogP contribution in [0.3, 0.4) is 0 Å². The predicted octanol–water partition coefficient (Wildman–Crippen LogP) is 8.60. The normalized spacial score (nSPS) is 12.3. The molecule has 0 spiro atoms. The molecule has 0 N–H and O–H groups in total. The Balaban J connectivity index is 1.51. The Morgan fingerprint density at radius 3 is 2.13 bits per heavy atom. The van der Waals surface area contributed by atoms with Crippen molar-refractivity contribution in [1.29, 1.82) is 0 Å². The molecule has 0 nitrogen and oxygen atoms in total. The minimum atomic E-state index is 1.28. The van der Waals surface area contributed by atoms with Gasteiger partial charge in [0.2, 0.25) is 0 Å². The number of thiophene rings is 4. The second-order valence-corrected chi connectivity index (χ2v) is 10.8. The Kier molecular flexibility index (Phi) is 4.77. The van der Waals surface area contributed by atoms with Crippen LogP contribution in [0.2, 0.25) is 0 Å². The van der Waals surface area contributed by atoms with Crippen molar-refractivity contribution < 1.29 is 0 Å². The maximum atomic E-state index is 2.47. The highest BCUT2D eigenvalue weighted by Crippen LogP contribution is 2.49. The van der Waals surface area contributed by atoms with Crippen molar-refractivity contribution in [2.24, 2.45) is 0 Å². The highest BCUT2D eigenvalue weighted by Gasteiger charge is 2.16. The van der Waals surface area contributed by atoms with Crippen LogP contribution in [0.5, 0.6) is 0 Å². The van der Waals surface area contributed by atoms with Gasteiger partial charge < -0.3 is 0 Å². The summed E-state index contributed by atoms with van der Waals surface area (Å²) in [6, 6.07) is 4.82. The Labute approximate surface area is 153 Å². The third-order valence-electron chi connectivity index (χ3n) is 4.39. The molecule has 0 saturated carbocycles. The van der Waals surface area contributed by atoms with Crippen molar-refractivity contribution in [2.45, 2.75) is 58.8 Å². The van der Waals surface area contributed by atoms with Crippen molar-refractivity contribution in [1.82, 2.24) is 0 Å². The SMILES string of the molecule is CCCCCCCCc1cc2sc3c4sc(C)cc4sc3c2s1. The molecule has 0 bridgehead atoms. The van der Waals surface area contributed by atoms with E-state index in [1.807, 2.05) is 34.0 Å². The van der Waals surface area contributed by atoms with Crippen LogP contribution in [-0.2, 0) is 6.42 Å². The summed E-state index contributed by atoms with van der Waals surface area (Å²) < 4.78 is 9.16. The number of hydrogen-bond donors (Lipinski definition) is 0. The molecule has 4 aromatic heterocycles. The molecular weight excluding hydrogens is 356 g/mol. The van der Waals surface area contributed by atoms with Crippen LogP contribution in [0.15, 0.2) is 12.1 Å². The van der Waals surface area contributed by atoms with Crippen molar-refractivity contribution in [2.75, 3.05) is 0 Å². The standard InChI is InChI=1S/C19H22S4/c1-3-4-5-6-7-8-9-13-11-15-17(21-13)19-18(23-15)16-14(22-19)10-12(2)20-16/h10-11H,3-9H2,1-2H3. The monoisotopic (exact) mass is 378 g/mol. The third kappa shape index (κ3) is 3.11. The van der Waals surface area contributed by atoms with Gasteiger partial charge in [-0.25, -0.2) is 0 Å². The van der Waals surface area contributed by atoms with Crippen LogP contribution in [0.25, 0.3) is 28.2 Å². The number of rotatable bonds is 7. The van der Waals surface area contributed by atoms with Crippen LogP contribution in [0.1, 0.15) is 55.2 Å². The number of fused-ring (bicyclic) bond motifs is 5. The topological polar surface area (TPSA) is 0 Å². The molecule has 4 rings (SSSR count). The predicted molar refractivity (Wildman–Crippen MR) is 112 cm³/mol. The molecule has 122 valence electrons. The van der Waals surface area contributed by atoms with E-state index in [1.165, 1.54) is 68.6 Å². The van der Waals surface area contributed by atoms with Gasteiger partial charge >= 0.3 is 0 Å². The Bertz CT molecular complexity index is 931. The zero-order chi connectivity index (χ0) is 15.8. The Morgan fingerprint density at radius 1 is 0.696 bits per heavy atom. The van der Waals surface area contributed by atoms with Gasteiger partial charge in [-0.15, -0.1) is 45.3 Å². The minimum Gasteiger partial charge on any atom is -0.138 e. The summed E-state index contributed by atoms with van der Waals surface area (Å²) in [6.45, 7) is 4.51. The molecule has 0 radical (unpaired) electrons. The van der Waals surface area contributed by atoms with Gasteiger partial charge in [0.1, 0.15) is 0 Å². The number of aryl methyl sites for hydroxylation is 2. The van der Waals surface area contributed by atoms with Gasteiger partial charge in [-0.3, -0.25) is 0 Å². The van der Waals surface area contributed by atoms with Gasteiger partial charge in [-0.05, 0) is 31.9 Å². The maximum Gasteiger partial charge on any atom is 0.0650 e. The fourth-order valence-electron chi connectivity index (χ4n) is 3.20. The summed E-state index contributed by atoms with van der Waals surface area (Å²) in [5.74, 6) is 0. The number of unbranched alkanes of at least 4 members (excludes halogenated alkanes) is 5. The zero-order valence-corrected chi connectivity index (χ0v) is 17.0. The Hall–Kier alpha value is -0.420. The summed E-state index contributed by atoms with van der Waals surface area (Å²) in [6.07, 6.45) is 9.62. The summed E-state index contributed by atoms with van der Waals surface area (Å²) in [7, 11) is 0. The largest absolute Gasteiger partial charge is 0.138 e. The van der Waals surface area contributed by atoms with Gasteiger partial charge in [-0.1, -0.05) is 39.0 Å². The van der Waals surface area contributed by atoms with Gasteiger partial charge in [0, 0.05) is 19.2 Å². The molecule has 0 unspecified atom stereocenters. The summed E-state index contributed by atoms with van der Waals surface area (Å²) in [5.41, 5.74) is 0. The third-order valence-corrected chi connectivity index (χ3v) is 9.62. The number of hydrogen-bond acceptors (Lipinski definition) is 4. The first-order valence-corrected chi connectivity index (χ1v) is 11.9. The molecule has 23 heavy (non-hydrogen) atoms. The van der Waals surface area contributed by atoms with Crippen LogP contribution in [0.4, 0.5) is 0 Å². The maximum absolute atomic E-state index is 2.47. The molecule has 0 saturated heterocycles. The van der Waals surface area contributed by atoms with Gasteiger partial charge in [-0.2, -0.15) is 0 Å². The fraction of sp³-hybridized carbons (Fsp3) is 0.474. The summed E-state index contributed by atoms with van der Waals surface area (Å²) >= 11 is 8.02. The summed E-state index contributed by atoms with van der Waals surface area (Å²) in [5, 5.41) is 0. The molecule has 4 heterocycles.